The Kier molecular flexibility index (Phi) is 5.34. The minimum atomic E-state index is -1.11. The highest BCUT2D eigenvalue weighted by atomic mass is 19.1. The summed E-state index contributed by atoms with van der Waals surface area (Å²) in [5.41, 5.74) is 0.566. The molecule has 2 aromatic rings. The molecule has 2 saturated heterocycles. The van der Waals surface area contributed by atoms with E-state index in [0.29, 0.717) is 18.0 Å². The Balaban J connectivity index is 1.41. The second-order valence-corrected chi connectivity index (χ2v) is 7.89. The smallest absolute Gasteiger partial charge is 0.329 e. The molecule has 30 heavy (non-hydrogen) atoms. The summed E-state index contributed by atoms with van der Waals surface area (Å²) in [6.07, 6.45) is 0. The van der Waals surface area contributed by atoms with E-state index in [9.17, 15) is 14.0 Å². The van der Waals surface area contributed by atoms with Crippen LogP contribution in [0.15, 0.2) is 48.5 Å². The predicted molar refractivity (Wildman–Crippen MR) is 110 cm³/mol. The van der Waals surface area contributed by atoms with Crippen molar-refractivity contribution >= 4 is 17.6 Å². The first-order chi connectivity index (χ1) is 14.4. The van der Waals surface area contributed by atoms with Gasteiger partial charge in [0.1, 0.15) is 17.1 Å². The number of piperazine rings is 1. The summed E-state index contributed by atoms with van der Waals surface area (Å²) in [6, 6.07) is 13.3. The van der Waals surface area contributed by atoms with Gasteiger partial charge < -0.3 is 19.9 Å². The summed E-state index contributed by atoms with van der Waals surface area (Å²) in [4.78, 5) is 30.5. The van der Waals surface area contributed by atoms with Gasteiger partial charge in [0.05, 0.1) is 33.3 Å². The number of halogens is 1. The number of hydrogen-bond acceptors (Lipinski definition) is 4. The monoisotopic (exact) mass is 413 g/mol. The van der Waals surface area contributed by atoms with Crippen molar-refractivity contribution in [3.8, 4) is 5.75 Å². The Labute approximate surface area is 175 Å². The van der Waals surface area contributed by atoms with E-state index in [1.54, 1.807) is 44.4 Å². The summed E-state index contributed by atoms with van der Waals surface area (Å²) in [5, 5.41) is 2.85. The van der Waals surface area contributed by atoms with Crippen LogP contribution in [0.4, 0.5) is 14.9 Å². The summed E-state index contributed by atoms with van der Waals surface area (Å²) in [6.45, 7) is 5.16. The van der Waals surface area contributed by atoms with E-state index in [0.717, 1.165) is 36.8 Å². The van der Waals surface area contributed by atoms with Crippen LogP contribution in [-0.2, 0) is 10.3 Å². The van der Waals surface area contributed by atoms with Gasteiger partial charge in [-0.3, -0.25) is 4.79 Å². The van der Waals surface area contributed by atoms with Crippen LogP contribution in [0.5, 0.6) is 5.75 Å². The van der Waals surface area contributed by atoms with Crippen molar-refractivity contribution in [2.24, 2.45) is 0 Å². The van der Waals surface area contributed by atoms with Crippen LogP contribution >= 0.6 is 0 Å². The van der Waals surface area contributed by atoms with Crippen molar-refractivity contribution in [1.82, 2.24) is 10.2 Å². The number of anilines is 1. The third kappa shape index (κ3) is 3.70. The molecule has 2 N–H and O–H groups in total. The number of ether oxygens (including phenoxy) is 1. The average Bonchev–Trinajstić information content (AvgIpc) is 2.99. The van der Waals surface area contributed by atoms with Gasteiger partial charge >= 0.3 is 6.03 Å². The number of nitrogens with zero attached hydrogens (tertiary/aromatic N) is 2. The van der Waals surface area contributed by atoms with E-state index in [-0.39, 0.29) is 17.8 Å². The van der Waals surface area contributed by atoms with E-state index in [4.69, 9.17) is 4.74 Å². The highest BCUT2D eigenvalue weighted by Gasteiger charge is 2.50. The largest absolute Gasteiger partial charge is 0.497 e. The standard InChI is InChI=1S/C22H25FN4O3/c1-22(16-4-3-5-19(14-16)30-2)20(28)27(21(29)24-22)15-25-10-12-26(13-11-25)18-8-6-17(23)7-9-18/h3-9,14H,10-13,15H2,1-2H3,(H,24,29)/p+1/t22-/m0/s1. The Morgan fingerprint density at radius 2 is 1.83 bits per heavy atom. The third-order valence-electron chi connectivity index (χ3n) is 5.97. The lowest BCUT2D eigenvalue weighted by Gasteiger charge is -2.34. The van der Waals surface area contributed by atoms with E-state index in [2.05, 4.69) is 10.2 Å². The number of imide groups is 1. The highest BCUT2D eigenvalue weighted by molar-refractivity contribution is 6.07. The molecule has 7 nitrogen and oxygen atoms in total. The van der Waals surface area contributed by atoms with Crippen LogP contribution in [0.25, 0.3) is 0 Å². The number of nitrogens with one attached hydrogen (secondary N) is 2. The molecule has 158 valence electrons. The molecule has 0 bridgehead atoms. The molecule has 1 atom stereocenters. The van der Waals surface area contributed by atoms with Gasteiger partial charge in [-0.05, 0) is 48.9 Å². The van der Waals surface area contributed by atoms with Gasteiger partial charge in [0, 0.05) is 5.69 Å². The molecule has 0 aromatic heterocycles. The molecule has 0 spiro atoms. The Hall–Kier alpha value is -3.13. The minimum Gasteiger partial charge on any atom is -0.497 e. The number of methoxy groups -OCH3 is 1. The number of hydrogen-bond donors (Lipinski definition) is 2. The number of carbonyl (C=O) groups excluding carboxylic acids is 2. The lowest BCUT2D eigenvalue weighted by atomic mass is 9.92. The fraction of sp³-hybridized carbons (Fsp3) is 0.364. The SMILES string of the molecule is COc1cccc([C@]2(C)NC(=O)N(C[NH+]3CCN(c4ccc(F)cc4)CC3)C2=O)c1. The lowest BCUT2D eigenvalue weighted by molar-refractivity contribution is -0.907. The highest BCUT2D eigenvalue weighted by Crippen LogP contribution is 2.30. The summed E-state index contributed by atoms with van der Waals surface area (Å²) < 4.78 is 18.4. The maximum Gasteiger partial charge on any atom is 0.329 e. The molecule has 3 amide bonds. The van der Waals surface area contributed by atoms with Gasteiger partial charge in [0.15, 0.2) is 6.67 Å². The number of rotatable bonds is 5. The minimum absolute atomic E-state index is 0.249. The molecule has 4 rings (SSSR count). The first-order valence-electron chi connectivity index (χ1n) is 10.0. The van der Waals surface area contributed by atoms with Gasteiger partial charge in [-0.25, -0.2) is 14.1 Å². The van der Waals surface area contributed by atoms with E-state index in [1.807, 2.05) is 6.07 Å². The molecule has 0 radical (unpaired) electrons. The predicted octanol–water partition coefficient (Wildman–Crippen LogP) is 0.964. The zero-order chi connectivity index (χ0) is 21.3. The van der Waals surface area contributed by atoms with Crippen molar-refractivity contribution in [1.29, 1.82) is 0 Å². The van der Waals surface area contributed by atoms with Gasteiger partial charge in [0.2, 0.25) is 0 Å². The fourth-order valence-electron chi connectivity index (χ4n) is 4.09. The summed E-state index contributed by atoms with van der Waals surface area (Å²) in [5.74, 6) is 0.131. The second-order valence-electron chi connectivity index (χ2n) is 7.89. The molecule has 2 aliphatic heterocycles. The van der Waals surface area contributed by atoms with Crippen LogP contribution in [0.2, 0.25) is 0 Å². The van der Waals surface area contributed by atoms with Crippen LogP contribution in [0, 0.1) is 5.82 Å². The van der Waals surface area contributed by atoms with Crippen molar-refractivity contribution in [3.63, 3.8) is 0 Å². The molecular formula is C22H26FN4O3+. The summed E-state index contributed by atoms with van der Waals surface area (Å²) >= 11 is 0. The first-order valence-corrected chi connectivity index (χ1v) is 10.0. The Morgan fingerprint density at radius 1 is 1.13 bits per heavy atom. The van der Waals surface area contributed by atoms with Crippen molar-refractivity contribution in [2.75, 3.05) is 44.9 Å². The maximum absolute atomic E-state index is 13.2. The molecular weight excluding hydrogens is 387 g/mol. The van der Waals surface area contributed by atoms with Crippen molar-refractivity contribution in [2.45, 2.75) is 12.5 Å². The number of amides is 3. The normalized spacial score (nSPS) is 22.4. The fourth-order valence-corrected chi connectivity index (χ4v) is 4.09. The van der Waals surface area contributed by atoms with E-state index in [1.165, 1.54) is 17.0 Å². The van der Waals surface area contributed by atoms with Gasteiger partial charge in [-0.1, -0.05) is 12.1 Å². The number of quaternary nitrogens is 1. The molecule has 2 aromatic carbocycles. The van der Waals surface area contributed by atoms with E-state index < -0.39 is 5.54 Å². The molecule has 2 fully saturated rings. The topological polar surface area (TPSA) is 66.3 Å². The lowest BCUT2D eigenvalue weighted by Crippen LogP contribution is -3.16. The van der Waals surface area contributed by atoms with Crippen LogP contribution in [-0.4, -0.2) is 56.8 Å². The first kappa shape index (κ1) is 20.2. The molecule has 0 unspecified atom stereocenters. The molecule has 0 saturated carbocycles. The quantitative estimate of drug-likeness (QED) is 0.717. The van der Waals surface area contributed by atoms with Crippen molar-refractivity contribution < 1.29 is 23.6 Å². The maximum atomic E-state index is 13.2. The Bertz CT molecular complexity index is 944. The van der Waals surface area contributed by atoms with Crippen LogP contribution in [0.1, 0.15) is 12.5 Å². The van der Waals surface area contributed by atoms with Gasteiger partial charge in [-0.15, -0.1) is 0 Å². The zero-order valence-electron chi connectivity index (χ0n) is 17.2. The number of benzene rings is 2. The number of urea groups is 1. The van der Waals surface area contributed by atoms with Crippen LogP contribution in [0.3, 0.4) is 0 Å². The molecule has 8 heteroatoms. The third-order valence-corrected chi connectivity index (χ3v) is 5.97. The molecule has 0 aliphatic carbocycles. The zero-order valence-corrected chi connectivity index (χ0v) is 17.2. The van der Waals surface area contributed by atoms with Crippen molar-refractivity contribution in [3.05, 3.63) is 59.9 Å². The Morgan fingerprint density at radius 3 is 2.50 bits per heavy atom. The van der Waals surface area contributed by atoms with Gasteiger partial charge in [-0.2, -0.15) is 0 Å². The molecule has 2 heterocycles. The van der Waals surface area contributed by atoms with E-state index >= 15 is 0 Å². The molecule has 2 aliphatic rings. The number of carbonyl (C=O) groups is 2. The average molecular weight is 413 g/mol. The summed E-state index contributed by atoms with van der Waals surface area (Å²) in [7, 11) is 1.57. The second kappa shape index (κ2) is 7.95. The van der Waals surface area contributed by atoms with Crippen LogP contribution < -0.4 is 19.9 Å². The van der Waals surface area contributed by atoms with Gasteiger partial charge in [0.25, 0.3) is 5.91 Å².